The van der Waals surface area contributed by atoms with Crippen molar-refractivity contribution in [2.24, 2.45) is 0 Å². The zero-order chi connectivity index (χ0) is 10.8. The topological polar surface area (TPSA) is 26.3 Å². The predicted octanol–water partition coefficient (Wildman–Crippen LogP) is 2.75. The lowest BCUT2D eigenvalue weighted by atomic mass is 10.1. The summed E-state index contributed by atoms with van der Waals surface area (Å²) in [4.78, 5) is 10.7. The van der Waals surface area contributed by atoms with Gasteiger partial charge in [-0.25, -0.2) is 0 Å². The number of carbonyl (C=O) groups is 1. The Morgan fingerprint density at radius 1 is 1.50 bits per heavy atom. The van der Waals surface area contributed by atoms with E-state index in [1.165, 1.54) is 25.3 Å². The highest BCUT2D eigenvalue weighted by Crippen LogP contribution is 2.33. The van der Waals surface area contributed by atoms with Crippen LogP contribution in [0.4, 0.5) is 8.78 Å². The van der Waals surface area contributed by atoms with Crippen LogP contribution in [0.15, 0.2) is 24.3 Å². The van der Waals surface area contributed by atoms with E-state index in [-0.39, 0.29) is 5.56 Å². The largest absolute Gasteiger partial charge is 0.497 e. The number of benzene rings is 1. The van der Waals surface area contributed by atoms with Crippen LogP contribution in [0.1, 0.15) is 5.56 Å². The normalized spacial score (nSPS) is 11.1. The van der Waals surface area contributed by atoms with Crippen LogP contribution in [-0.4, -0.2) is 10.9 Å². The molecule has 1 aromatic carbocycles. The summed E-state index contributed by atoms with van der Waals surface area (Å²) in [6.07, 6.45) is 0. The predicted molar refractivity (Wildman–Crippen MR) is 55.9 cm³/mol. The zero-order valence-electron chi connectivity index (χ0n) is 7.26. The van der Waals surface area contributed by atoms with E-state index in [4.69, 9.17) is 4.74 Å². The summed E-state index contributed by atoms with van der Waals surface area (Å²) >= 11 is 1.08. The maximum atomic E-state index is 13.2. The van der Waals surface area contributed by atoms with Crippen molar-refractivity contribution >= 4 is 26.4 Å². The number of alkyl halides is 2. The molecule has 76 valence electrons. The minimum Gasteiger partial charge on any atom is -0.497 e. The smallest absolute Gasteiger partial charge is 0.340 e. The van der Waals surface area contributed by atoms with Crippen molar-refractivity contribution < 1.29 is 18.3 Å². The summed E-state index contributed by atoms with van der Waals surface area (Å²) < 4.78 is 29.9. The van der Waals surface area contributed by atoms with Crippen LogP contribution in [0.3, 0.4) is 0 Å². The summed E-state index contributed by atoms with van der Waals surface area (Å²) in [6.45, 7) is 0. The highest BCUT2D eigenvalue weighted by molar-refractivity contribution is 14.1. The first-order valence-corrected chi connectivity index (χ1v) is 4.78. The van der Waals surface area contributed by atoms with Gasteiger partial charge in [0.15, 0.2) is 0 Å². The molecule has 1 aromatic rings. The minimum absolute atomic E-state index is 0.305. The molecule has 0 saturated heterocycles. The van der Waals surface area contributed by atoms with Gasteiger partial charge in [-0.2, -0.15) is 8.78 Å². The molecule has 0 unspecified atom stereocenters. The Balaban J connectivity index is 3.12. The molecule has 0 heterocycles. The first-order chi connectivity index (χ1) is 6.48. The lowest BCUT2D eigenvalue weighted by molar-refractivity contribution is -0.132. The molecule has 5 heteroatoms. The van der Waals surface area contributed by atoms with Crippen LogP contribution in [0.5, 0.6) is 5.75 Å². The van der Waals surface area contributed by atoms with Gasteiger partial charge in [-0.3, -0.25) is 4.79 Å². The summed E-state index contributed by atoms with van der Waals surface area (Å²) in [5.74, 6) is -3.14. The number of halogens is 3. The van der Waals surface area contributed by atoms with Crippen molar-refractivity contribution in [3.63, 3.8) is 0 Å². The van der Waals surface area contributed by atoms with E-state index in [2.05, 4.69) is 0 Å². The van der Waals surface area contributed by atoms with E-state index in [0.29, 0.717) is 5.75 Å². The molecule has 0 N–H and O–H groups in total. The summed E-state index contributed by atoms with van der Waals surface area (Å²) in [6, 6.07) is 5.30. The molecule has 0 atom stereocenters. The van der Waals surface area contributed by atoms with Crippen LogP contribution in [0.2, 0.25) is 0 Å². The molecular weight excluding hydrogens is 305 g/mol. The van der Waals surface area contributed by atoms with Crippen molar-refractivity contribution in [2.45, 2.75) is 5.92 Å². The SMILES string of the molecule is COc1cccc(C(F)(F)C(=O)I)c1. The molecule has 1 rings (SSSR count). The molecule has 0 amide bonds. The first kappa shape index (κ1) is 11.4. The van der Waals surface area contributed by atoms with Gasteiger partial charge in [-0.15, -0.1) is 0 Å². The van der Waals surface area contributed by atoms with Crippen molar-refractivity contribution in [1.82, 2.24) is 0 Å². The third kappa shape index (κ3) is 2.20. The van der Waals surface area contributed by atoms with Gasteiger partial charge in [-0.1, -0.05) is 12.1 Å². The first-order valence-electron chi connectivity index (χ1n) is 3.70. The standard InChI is InChI=1S/C9H7F2IO2/c1-14-7-4-2-3-6(5-7)9(10,11)8(12)13/h2-5H,1H3. The second-order valence-corrected chi connectivity index (χ2v) is 3.56. The van der Waals surface area contributed by atoms with Gasteiger partial charge in [0.05, 0.1) is 7.11 Å². The van der Waals surface area contributed by atoms with E-state index >= 15 is 0 Å². The number of rotatable bonds is 3. The van der Waals surface area contributed by atoms with Gasteiger partial charge in [0.25, 0.3) is 3.79 Å². The van der Waals surface area contributed by atoms with Crippen molar-refractivity contribution in [2.75, 3.05) is 7.11 Å². The van der Waals surface area contributed by atoms with E-state index in [9.17, 15) is 13.6 Å². The van der Waals surface area contributed by atoms with Crippen LogP contribution in [0.25, 0.3) is 0 Å². The van der Waals surface area contributed by atoms with Crippen LogP contribution in [0, 0.1) is 0 Å². The van der Waals surface area contributed by atoms with Gasteiger partial charge in [0.1, 0.15) is 5.75 Å². The molecule has 14 heavy (non-hydrogen) atoms. The Morgan fingerprint density at radius 3 is 2.64 bits per heavy atom. The number of hydrogen-bond acceptors (Lipinski definition) is 2. The van der Waals surface area contributed by atoms with Gasteiger partial charge in [-0.05, 0) is 12.1 Å². The molecule has 0 fully saturated rings. The van der Waals surface area contributed by atoms with Crippen LogP contribution >= 0.6 is 22.6 Å². The van der Waals surface area contributed by atoms with Gasteiger partial charge in [0, 0.05) is 28.2 Å². The number of methoxy groups -OCH3 is 1. The van der Waals surface area contributed by atoms with E-state index in [1.807, 2.05) is 0 Å². The molecule has 0 aliphatic rings. The van der Waals surface area contributed by atoms with Crippen LogP contribution < -0.4 is 4.74 Å². The van der Waals surface area contributed by atoms with Gasteiger partial charge in [0.2, 0.25) is 0 Å². The molecule has 0 radical (unpaired) electrons. The lowest BCUT2D eigenvalue weighted by Crippen LogP contribution is -2.20. The fraction of sp³-hybridized carbons (Fsp3) is 0.222. The maximum absolute atomic E-state index is 13.2. The molecule has 0 aliphatic heterocycles. The summed E-state index contributed by atoms with van der Waals surface area (Å²) in [5.41, 5.74) is -0.351. The molecule has 2 nitrogen and oxygen atoms in total. The molecule has 0 bridgehead atoms. The Kier molecular flexibility index (Phi) is 3.41. The van der Waals surface area contributed by atoms with E-state index in [1.54, 1.807) is 0 Å². The highest BCUT2D eigenvalue weighted by Gasteiger charge is 2.38. The van der Waals surface area contributed by atoms with E-state index < -0.39 is 9.71 Å². The monoisotopic (exact) mass is 312 g/mol. The van der Waals surface area contributed by atoms with Crippen molar-refractivity contribution in [1.29, 1.82) is 0 Å². The zero-order valence-corrected chi connectivity index (χ0v) is 9.42. The molecule has 0 aromatic heterocycles. The average Bonchev–Trinajstić information content (AvgIpc) is 2.17. The fourth-order valence-electron chi connectivity index (χ4n) is 0.932. The molecular formula is C9H7F2IO2. The Hall–Kier alpha value is -0.720. The van der Waals surface area contributed by atoms with Gasteiger partial charge >= 0.3 is 5.92 Å². The van der Waals surface area contributed by atoms with Gasteiger partial charge < -0.3 is 4.74 Å². The van der Waals surface area contributed by atoms with Crippen LogP contribution in [-0.2, 0) is 10.7 Å². The third-order valence-electron chi connectivity index (χ3n) is 1.68. The Labute approximate surface area is 93.4 Å². The second-order valence-electron chi connectivity index (χ2n) is 2.58. The minimum atomic E-state index is -3.45. The number of carbonyl (C=O) groups excluding carboxylic acids is 1. The Morgan fingerprint density at radius 2 is 2.14 bits per heavy atom. The second kappa shape index (κ2) is 4.20. The molecule has 0 aliphatic carbocycles. The van der Waals surface area contributed by atoms with E-state index in [0.717, 1.165) is 28.7 Å². The Bertz CT molecular complexity index is 352. The molecule has 0 spiro atoms. The summed E-state index contributed by atoms with van der Waals surface area (Å²) in [5, 5.41) is 0. The number of hydrogen-bond donors (Lipinski definition) is 0. The number of ether oxygens (including phenoxy) is 1. The highest BCUT2D eigenvalue weighted by atomic mass is 127. The van der Waals surface area contributed by atoms with Crippen molar-refractivity contribution in [3.05, 3.63) is 29.8 Å². The average molecular weight is 312 g/mol. The maximum Gasteiger partial charge on any atom is 0.340 e. The van der Waals surface area contributed by atoms with Crippen molar-refractivity contribution in [3.8, 4) is 5.75 Å². The quantitative estimate of drug-likeness (QED) is 0.634. The lowest BCUT2D eigenvalue weighted by Gasteiger charge is -2.12. The summed E-state index contributed by atoms with van der Waals surface area (Å²) in [7, 11) is 1.38. The molecule has 0 saturated carbocycles. The third-order valence-corrected chi connectivity index (χ3v) is 2.36. The fourth-order valence-corrected chi connectivity index (χ4v) is 1.24.